The minimum Gasteiger partial charge on any atom is -0.461 e. The van der Waals surface area contributed by atoms with Crippen LogP contribution in [-0.2, 0) is 11.2 Å². The number of hydrogen-bond donors (Lipinski definition) is 2. The molecule has 1 unspecified atom stereocenters. The third-order valence-corrected chi connectivity index (χ3v) is 5.04. The van der Waals surface area contributed by atoms with Crippen molar-refractivity contribution < 1.29 is 14.3 Å². The van der Waals surface area contributed by atoms with Crippen LogP contribution in [0.15, 0.2) is 46.9 Å². The van der Waals surface area contributed by atoms with E-state index in [0.29, 0.717) is 11.7 Å². The van der Waals surface area contributed by atoms with E-state index in [0.717, 1.165) is 34.6 Å². The zero-order valence-corrected chi connectivity index (χ0v) is 13.7. The van der Waals surface area contributed by atoms with E-state index in [-0.39, 0.29) is 18.9 Å². The molecule has 2 aromatic carbocycles. The standard InChI is InChI=1S/C20H21NO3/c1-20(12-22,14-7-8-14)21-19(23)11-15-10-17-16-5-3-2-4-13(16)6-9-18(17)24-15/h2-6,9-10,14,22H,7-8,11-12H2,1H3,(H,21,23). The van der Waals surface area contributed by atoms with E-state index in [4.69, 9.17) is 4.42 Å². The molecular formula is C20H21NO3. The molecule has 0 spiro atoms. The predicted molar refractivity (Wildman–Crippen MR) is 93.8 cm³/mol. The quantitative estimate of drug-likeness (QED) is 0.756. The maximum Gasteiger partial charge on any atom is 0.228 e. The van der Waals surface area contributed by atoms with Crippen LogP contribution in [0, 0.1) is 5.92 Å². The first kappa shape index (κ1) is 15.2. The Hall–Kier alpha value is -2.33. The second-order valence-corrected chi connectivity index (χ2v) is 6.99. The lowest BCUT2D eigenvalue weighted by Crippen LogP contribution is -2.51. The Labute approximate surface area is 140 Å². The molecule has 1 fully saturated rings. The molecule has 0 aliphatic heterocycles. The highest BCUT2D eigenvalue weighted by Crippen LogP contribution is 2.39. The number of benzene rings is 2. The topological polar surface area (TPSA) is 62.5 Å². The van der Waals surface area contributed by atoms with Gasteiger partial charge in [-0.15, -0.1) is 0 Å². The molecule has 1 saturated carbocycles. The lowest BCUT2D eigenvalue weighted by atomic mass is 9.96. The molecular weight excluding hydrogens is 302 g/mol. The maximum atomic E-state index is 12.4. The number of furan rings is 1. The minimum absolute atomic E-state index is 0.0336. The number of carbonyl (C=O) groups is 1. The summed E-state index contributed by atoms with van der Waals surface area (Å²) < 4.78 is 5.85. The van der Waals surface area contributed by atoms with E-state index in [1.165, 1.54) is 0 Å². The molecule has 1 heterocycles. The summed E-state index contributed by atoms with van der Waals surface area (Å²) in [6.07, 6.45) is 2.31. The highest BCUT2D eigenvalue weighted by molar-refractivity contribution is 6.06. The molecule has 124 valence electrons. The van der Waals surface area contributed by atoms with Crippen LogP contribution in [0.3, 0.4) is 0 Å². The number of carbonyl (C=O) groups excluding carboxylic acids is 1. The van der Waals surface area contributed by atoms with Gasteiger partial charge >= 0.3 is 0 Å². The van der Waals surface area contributed by atoms with E-state index in [9.17, 15) is 9.90 Å². The molecule has 0 radical (unpaired) electrons. The van der Waals surface area contributed by atoms with Gasteiger partial charge in [-0.05, 0) is 48.6 Å². The van der Waals surface area contributed by atoms with Crippen molar-refractivity contribution in [2.24, 2.45) is 5.92 Å². The Morgan fingerprint density at radius 3 is 2.79 bits per heavy atom. The molecule has 3 aromatic rings. The highest BCUT2D eigenvalue weighted by atomic mass is 16.3. The molecule has 2 N–H and O–H groups in total. The van der Waals surface area contributed by atoms with Crippen molar-refractivity contribution in [3.05, 3.63) is 48.2 Å². The Bertz CT molecular complexity index is 910. The lowest BCUT2D eigenvalue weighted by molar-refractivity contribution is -0.123. The normalized spacial score (nSPS) is 17.1. The SMILES string of the molecule is CC(CO)(NC(=O)Cc1cc2c(ccc3ccccc32)o1)C1CC1. The predicted octanol–water partition coefficient (Wildman–Crippen LogP) is 3.41. The Morgan fingerprint density at radius 2 is 2.04 bits per heavy atom. The fourth-order valence-corrected chi connectivity index (χ4v) is 3.44. The van der Waals surface area contributed by atoms with Gasteiger partial charge in [0.05, 0.1) is 18.6 Å². The minimum atomic E-state index is -0.518. The van der Waals surface area contributed by atoms with Gasteiger partial charge in [0.2, 0.25) is 5.91 Å². The van der Waals surface area contributed by atoms with Crippen LogP contribution in [-0.4, -0.2) is 23.2 Å². The molecule has 4 nitrogen and oxygen atoms in total. The average molecular weight is 323 g/mol. The molecule has 0 saturated heterocycles. The molecule has 4 heteroatoms. The molecule has 1 aromatic heterocycles. The summed E-state index contributed by atoms with van der Waals surface area (Å²) >= 11 is 0. The molecule has 1 aliphatic carbocycles. The third-order valence-electron chi connectivity index (χ3n) is 5.04. The summed E-state index contributed by atoms with van der Waals surface area (Å²) in [5.74, 6) is 0.919. The summed E-state index contributed by atoms with van der Waals surface area (Å²) in [5.41, 5.74) is 0.277. The van der Waals surface area contributed by atoms with E-state index in [1.807, 2.05) is 37.3 Å². The molecule has 1 aliphatic rings. The van der Waals surface area contributed by atoms with Crippen molar-refractivity contribution in [3.63, 3.8) is 0 Å². The lowest BCUT2D eigenvalue weighted by Gasteiger charge is -2.28. The number of amides is 1. The summed E-state index contributed by atoms with van der Waals surface area (Å²) in [4.78, 5) is 12.4. The molecule has 1 atom stereocenters. The van der Waals surface area contributed by atoms with Crippen molar-refractivity contribution >= 4 is 27.6 Å². The summed E-state index contributed by atoms with van der Waals surface area (Å²) in [6, 6.07) is 14.1. The highest BCUT2D eigenvalue weighted by Gasteiger charge is 2.42. The molecule has 1 amide bonds. The van der Waals surface area contributed by atoms with E-state index in [2.05, 4.69) is 17.4 Å². The van der Waals surface area contributed by atoms with Gasteiger partial charge in [-0.3, -0.25) is 4.79 Å². The van der Waals surface area contributed by atoms with E-state index in [1.54, 1.807) is 0 Å². The maximum absolute atomic E-state index is 12.4. The van der Waals surface area contributed by atoms with Gasteiger partial charge in [-0.25, -0.2) is 0 Å². The largest absolute Gasteiger partial charge is 0.461 e. The van der Waals surface area contributed by atoms with Crippen molar-refractivity contribution in [2.75, 3.05) is 6.61 Å². The van der Waals surface area contributed by atoms with Crippen LogP contribution in [0.1, 0.15) is 25.5 Å². The molecule has 24 heavy (non-hydrogen) atoms. The smallest absolute Gasteiger partial charge is 0.228 e. The Balaban J connectivity index is 1.58. The average Bonchev–Trinajstić information content (AvgIpc) is 3.36. The van der Waals surface area contributed by atoms with Crippen molar-refractivity contribution in [1.82, 2.24) is 5.32 Å². The van der Waals surface area contributed by atoms with Crippen LogP contribution in [0.2, 0.25) is 0 Å². The van der Waals surface area contributed by atoms with Crippen LogP contribution < -0.4 is 5.32 Å². The first-order valence-electron chi connectivity index (χ1n) is 8.41. The number of fused-ring (bicyclic) bond motifs is 3. The van der Waals surface area contributed by atoms with Gasteiger partial charge in [0.15, 0.2) is 0 Å². The van der Waals surface area contributed by atoms with Crippen LogP contribution in [0.4, 0.5) is 0 Å². The second kappa shape index (κ2) is 5.64. The molecule has 4 rings (SSSR count). The first-order chi connectivity index (χ1) is 11.6. The monoisotopic (exact) mass is 323 g/mol. The van der Waals surface area contributed by atoms with E-state index < -0.39 is 5.54 Å². The van der Waals surface area contributed by atoms with Gasteiger partial charge in [0, 0.05) is 5.39 Å². The fraction of sp³-hybridized carbons (Fsp3) is 0.350. The van der Waals surface area contributed by atoms with Gasteiger partial charge in [-0.2, -0.15) is 0 Å². The Morgan fingerprint density at radius 1 is 1.25 bits per heavy atom. The van der Waals surface area contributed by atoms with Crippen LogP contribution in [0.5, 0.6) is 0 Å². The first-order valence-corrected chi connectivity index (χ1v) is 8.41. The van der Waals surface area contributed by atoms with Gasteiger partial charge in [0.25, 0.3) is 0 Å². The van der Waals surface area contributed by atoms with Crippen molar-refractivity contribution in [2.45, 2.75) is 31.7 Å². The van der Waals surface area contributed by atoms with Crippen LogP contribution in [0.25, 0.3) is 21.7 Å². The molecule has 0 bridgehead atoms. The van der Waals surface area contributed by atoms with Gasteiger partial charge < -0.3 is 14.8 Å². The summed E-state index contributed by atoms with van der Waals surface area (Å²) in [7, 11) is 0. The summed E-state index contributed by atoms with van der Waals surface area (Å²) in [5, 5.41) is 15.9. The van der Waals surface area contributed by atoms with Crippen molar-refractivity contribution in [3.8, 4) is 0 Å². The number of hydrogen-bond acceptors (Lipinski definition) is 3. The van der Waals surface area contributed by atoms with E-state index >= 15 is 0 Å². The fourth-order valence-electron chi connectivity index (χ4n) is 3.44. The number of rotatable bonds is 5. The summed E-state index contributed by atoms with van der Waals surface area (Å²) in [6.45, 7) is 1.88. The van der Waals surface area contributed by atoms with Crippen molar-refractivity contribution in [1.29, 1.82) is 0 Å². The van der Waals surface area contributed by atoms with Gasteiger partial charge in [0.1, 0.15) is 11.3 Å². The van der Waals surface area contributed by atoms with Crippen LogP contribution >= 0.6 is 0 Å². The van der Waals surface area contributed by atoms with Gasteiger partial charge in [-0.1, -0.05) is 30.3 Å². The number of aliphatic hydroxyl groups excluding tert-OH is 1. The number of aliphatic hydroxyl groups is 1. The number of nitrogens with one attached hydrogen (secondary N) is 1. The zero-order chi connectivity index (χ0) is 16.7. The second-order valence-electron chi connectivity index (χ2n) is 6.99. The third kappa shape index (κ3) is 2.67. The zero-order valence-electron chi connectivity index (χ0n) is 13.7. The Kier molecular flexibility index (Phi) is 3.57.